The van der Waals surface area contributed by atoms with Crippen LogP contribution in [-0.4, -0.2) is 32.0 Å². The van der Waals surface area contributed by atoms with E-state index in [2.05, 4.69) is 24.8 Å². The molecule has 0 aliphatic rings. The molecule has 0 unspecified atom stereocenters. The Morgan fingerprint density at radius 1 is 1.04 bits per heavy atom. The first-order valence-corrected chi connectivity index (χ1v) is 7.79. The third kappa shape index (κ3) is 3.48. The molecule has 3 aromatic rings. The van der Waals surface area contributed by atoms with Crippen LogP contribution in [0.15, 0.2) is 48.9 Å². The monoisotopic (exact) mass is 321 g/mol. The maximum absolute atomic E-state index is 12.1. The van der Waals surface area contributed by atoms with E-state index in [0.29, 0.717) is 18.8 Å². The van der Waals surface area contributed by atoms with Crippen LogP contribution in [0.1, 0.15) is 21.9 Å². The molecule has 0 saturated heterocycles. The molecule has 3 rings (SSSR count). The van der Waals surface area contributed by atoms with Crippen molar-refractivity contribution in [3.8, 4) is 11.4 Å². The summed E-state index contributed by atoms with van der Waals surface area (Å²) in [5.74, 6) is 0.680. The average molecular weight is 321 g/mol. The van der Waals surface area contributed by atoms with Gasteiger partial charge in [0.1, 0.15) is 11.5 Å². The molecular formula is C18H19N5O. The largest absolute Gasteiger partial charge is 0.349 e. The van der Waals surface area contributed by atoms with Crippen molar-refractivity contribution < 1.29 is 4.79 Å². The number of aryl methyl sites for hydroxylation is 2. The van der Waals surface area contributed by atoms with Crippen molar-refractivity contribution >= 4 is 5.91 Å². The third-order valence-electron chi connectivity index (χ3n) is 3.72. The number of imidazole rings is 1. The number of hydrogen-bond donors (Lipinski definition) is 1. The molecule has 2 aromatic heterocycles. The lowest BCUT2D eigenvalue weighted by Crippen LogP contribution is -2.28. The average Bonchev–Trinajstić information content (AvgIpc) is 2.97. The van der Waals surface area contributed by atoms with Crippen molar-refractivity contribution in [1.82, 2.24) is 24.8 Å². The molecule has 0 atom stereocenters. The van der Waals surface area contributed by atoms with E-state index in [4.69, 9.17) is 0 Å². The van der Waals surface area contributed by atoms with Gasteiger partial charge in [-0.3, -0.25) is 9.78 Å². The number of aromatic nitrogens is 4. The van der Waals surface area contributed by atoms with Crippen molar-refractivity contribution in [2.75, 3.05) is 6.54 Å². The molecule has 0 spiro atoms. The van der Waals surface area contributed by atoms with E-state index in [9.17, 15) is 4.79 Å². The minimum absolute atomic E-state index is 0.221. The molecule has 0 saturated carbocycles. The van der Waals surface area contributed by atoms with Gasteiger partial charge >= 0.3 is 0 Å². The van der Waals surface area contributed by atoms with E-state index in [-0.39, 0.29) is 5.91 Å². The third-order valence-corrected chi connectivity index (χ3v) is 3.72. The van der Waals surface area contributed by atoms with Crippen molar-refractivity contribution in [3.63, 3.8) is 0 Å². The van der Waals surface area contributed by atoms with E-state index >= 15 is 0 Å². The van der Waals surface area contributed by atoms with E-state index in [1.807, 2.05) is 50.4 Å². The Morgan fingerprint density at radius 2 is 1.83 bits per heavy atom. The topological polar surface area (TPSA) is 72.7 Å². The van der Waals surface area contributed by atoms with Gasteiger partial charge in [0.05, 0.1) is 11.9 Å². The summed E-state index contributed by atoms with van der Waals surface area (Å²) in [6, 6.07) is 10.0. The Kier molecular flexibility index (Phi) is 4.65. The van der Waals surface area contributed by atoms with Gasteiger partial charge in [-0.15, -0.1) is 0 Å². The number of benzene rings is 1. The number of hydrogen-bond acceptors (Lipinski definition) is 4. The van der Waals surface area contributed by atoms with E-state index in [1.165, 1.54) is 6.20 Å². The Balaban J connectivity index is 1.66. The molecule has 0 bridgehead atoms. The molecule has 6 nitrogen and oxygen atoms in total. The van der Waals surface area contributed by atoms with Gasteiger partial charge in [0.15, 0.2) is 0 Å². The highest BCUT2D eigenvalue weighted by Gasteiger charge is 2.10. The smallest absolute Gasteiger partial charge is 0.271 e. The Labute approximate surface area is 140 Å². The fraction of sp³-hybridized carbons (Fsp3) is 0.222. The fourth-order valence-corrected chi connectivity index (χ4v) is 2.44. The van der Waals surface area contributed by atoms with Gasteiger partial charge in [-0.25, -0.2) is 9.97 Å². The second kappa shape index (κ2) is 7.04. The maximum Gasteiger partial charge on any atom is 0.271 e. The van der Waals surface area contributed by atoms with Gasteiger partial charge in [-0.1, -0.05) is 30.3 Å². The van der Waals surface area contributed by atoms with Crippen LogP contribution in [0.2, 0.25) is 0 Å². The van der Waals surface area contributed by atoms with Crippen LogP contribution in [0.5, 0.6) is 0 Å². The number of nitrogens with one attached hydrogen (secondary N) is 1. The maximum atomic E-state index is 12.1. The van der Waals surface area contributed by atoms with Gasteiger partial charge in [0, 0.05) is 36.7 Å². The molecule has 1 N–H and O–H groups in total. The first kappa shape index (κ1) is 15.9. The molecule has 0 radical (unpaired) electrons. The predicted molar refractivity (Wildman–Crippen MR) is 91.5 cm³/mol. The lowest BCUT2D eigenvalue weighted by atomic mass is 10.2. The SMILES string of the molecule is Cc1cnc(C(=O)NCCn2c(C)cnc2-c2ccccc2)cn1. The van der Waals surface area contributed by atoms with E-state index < -0.39 is 0 Å². The number of rotatable bonds is 5. The molecule has 2 heterocycles. The van der Waals surface area contributed by atoms with Crippen LogP contribution in [0, 0.1) is 13.8 Å². The van der Waals surface area contributed by atoms with Crippen LogP contribution < -0.4 is 5.32 Å². The molecule has 0 aliphatic heterocycles. The molecule has 24 heavy (non-hydrogen) atoms. The zero-order valence-electron chi connectivity index (χ0n) is 13.7. The van der Waals surface area contributed by atoms with Gasteiger partial charge < -0.3 is 9.88 Å². The highest BCUT2D eigenvalue weighted by atomic mass is 16.1. The minimum atomic E-state index is -0.221. The normalized spacial score (nSPS) is 10.6. The minimum Gasteiger partial charge on any atom is -0.349 e. The second-order valence-electron chi connectivity index (χ2n) is 5.54. The first-order valence-electron chi connectivity index (χ1n) is 7.79. The summed E-state index contributed by atoms with van der Waals surface area (Å²) < 4.78 is 2.09. The summed E-state index contributed by atoms with van der Waals surface area (Å²) in [6.45, 7) is 4.97. The van der Waals surface area contributed by atoms with Crippen molar-refractivity contribution in [3.05, 3.63) is 66.0 Å². The molecule has 1 amide bonds. The summed E-state index contributed by atoms with van der Waals surface area (Å²) in [6.07, 6.45) is 4.92. The summed E-state index contributed by atoms with van der Waals surface area (Å²) in [7, 11) is 0. The zero-order valence-corrected chi connectivity index (χ0v) is 13.7. The van der Waals surface area contributed by atoms with Crippen LogP contribution in [0.4, 0.5) is 0 Å². The van der Waals surface area contributed by atoms with Crippen LogP contribution >= 0.6 is 0 Å². The lowest BCUT2D eigenvalue weighted by Gasteiger charge is -2.11. The predicted octanol–water partition coefficient (Wildman–Crippen LogP) is 2.39. The molecule has 6 heteroatoms. The van der Waals surface area contributed by atoms with Crippen LogP contribution in [0.3, 0.4) is 0 Å². The molecule has 0 aliphatic carbocycles. The number of amides is 1. The van der Waals surface area contributed by atoms with Crippen molar-refractivity contribution in [1.29, 1.82) is 0 Å². The molecule has 122 valence electrons. The number of carbonyl (C=O) groups is 1. The molecular weight excluding hydrogens is 302 g/mol. The Hall–Kier alpha value is -3.02. The van der Waals surface area contributed by atoms with Crippen molar-refractivity contribution in [2.24, 2.45) is 0 Å². The van der Waals surface area contributed by atoms with E-state index in [0.717, 1.165) is 22.8 Å². The summed E-state index contributed by atoms with van der Waals surface area (Å²) in [5.41, 5.74) is 3.22. The highest BCUT2D eigenvalue weighted by molar-refractivity contribution is 5.91. The van der Waals surface area contributed by atoms with Gasteiger partial charge in [0.25, 0.3) is 5.91 Å². The van der Waals surface area contributed by atoms with Crippen molar-refractivity contribution in [2.45, 2.75) is 20.4 Å². The number of nitrogens with zero attached hydrogens (tertiary/aromatic N) is 4. The fourth-order valence-electron chi connectivity index (χ4n) is 2.44. The molecule has 1 aromatic carbocycles. The van der Waals surface area contributed by atoms with E-state index in [1.54, 1.807) is 6.20 Å². The van der Waals surface area contributed by atoms with Gasteiger partial charge in [0.2, 0.25) is 0 Å². The standard InChI is InChI=1S/C18H19N5O/c1-13-10-21-16(12-20-13)18(24)19-8-9-23-14(2)11-22-17(23)15-6-4-3-5-7-15/h3-7,10-12H,8-9H2,1-2H3,(H,19,24). The second-order valence-corrected chi connectivity index (χ2v) is 5.54. The summed E-state index contributed by atoms with van der Waals surface area (Å²) in [4.78, 5) is 24.7. The summed E-state index contributed by atoms with van der Waals surface area (Å²) in [5, 5.41) is 2.87. The first-order chi connectivity index (χ1) is 11.6. The quantitative estimate of drug-likeness (QED) is 0.783. The number of carbonyl (C=O) groups excluding carboxylic acids is 1. The lowest BCUT2D eigenvalue weighted by molar-refractivity contribution is 0.0947. The Bertz CT molecular complexity index is 824. The summed E-state index contributed by atoms with van der Waals surface area (Å²) >= 11 is 0. The Morgan fingerprint density at radius 3 is 2.54 bits per heavy atom. The van der Waals surface area contributed by atoms with Crippen LogP contribution in [0.25, 0.3) is 11.4 Å². The molecule has 0 fully saturated rings. The van der Waals surface area contributed by atoms with Crippen LogP contribution in [-0.2, 0) is 6.54 Å². The highest BCUT2D eigenvalue weighted by Crippen LogP contribution is 2.18. The van der Waals surface area contributed by atoms with Gasteiger partial charge in [-0.05, 0) is 13.8 Å². The zero-order chi connectivity index (χ0) is 16.9. The van der Waals surface area contributed by atoms with Gasteiger partial charge in [-0.2, -0.15) is 0 Å².